The molecule has 162 valence electrons. The summed E-state index contributed by atoms with van der Waals surface area (Å²) >= 11 is 0. The van der Waals surface area contributed by atoms with Crippen molar-refractivity contribution in [2.45, 2.75) is 43.4 Å². The molecule has 8 nitrogen and oxygen atoms in total. The summed E-state index contributed by atoms with van der Waals surface area (Å²) in [5.41, 5.74) is 9.78. The van der Waals surface area contributed by atoms with Gasteiger partial charge in [-0.3, -0.25) is 4.79 Å². The Morgan fingerprint density at radius 1 is 1.17 bits per heavy atom. The van der Waals surface area contributed by atoms with E-state index in [4.69, 9.17) is 11.5 Å². The molecule has 1 aliphatic carbocycles. The second kappa shape index (κ2) is 7.97. The quantitative estimate of drug-likeness (QED) is 0.535. The molecule has 1 aromatic carbocycles. The van der Waals surface area contributed by atoms with Gasteiger partial charge >= 0.3 is 6.18 Å². The Labute approximate surface area is 167 Å². The number of hydrogen-bond acceptors (Lipinski definition) is 7. The number of nitrogens with one attached hydrogen (secondary N) is 2. The number of nitrogens with zero attached hydrogens (tertiary/aromatic N) is 3. The minimum absolute atomic E-state index is 0.165. The normalized spacial score (nSPS) is 21.1. The van der Waals surface area contributed by atoms with Crippen LogP contribution in [0.25, 0.3) is 0 Å². The summed E-state index contributed by atoms with van der Waals surface area (Å²) in [6.07, 6.45) is -4.25. The van der Waals surface area contributed by atoms with Crippen molar-refractivity contribution < 1.29 is 26.7 Å². The number of aromatic nitrogens is 3. The molecule has 1 heterocycles. The fourth-order valence-electron chi connectivity index (χ4n) is 3.05. The van der Waals surface area contributed by atoms with Gasteiger partial charge in [0.15, 0.2) is 11.5 Å². The van der Waals surface area contributed by atoms with Crippen molar-refractivity contribution >= 4 is 23.4 Å². The Bertz CT molecular complexity index is 920. The van der Waals surface area contributed by atoms with Crippen LogP contribution in [0.2, 0.25) is 0 Å². The molecule has 30 heavy (non-hydrogen) atoms. The van der Waals surface area contributed by atoms with E-state index in [0.29, 0.717) is 6.42 Å². The van der Waals surface area contributed by atoms with Gasteiger partial charge in [-0.2, -0.15) is 18.2 Å². The van der Waals surface area contributed by atoms with Crippen molar-refractivity contribution in [2.75, 3.05) is 10.6 Å². The first-order valence-electron chi connectivity index (χ1n) is 8.86. The van der Waals surface area contributed by atoms with Gasteiger partial charge in [0.2, 0.25) is 5.95 Å². The lowest BCUT2D eigenvalue weighted by Gasteiger charge is -2.35. The zero-order valence-electron chi connectivity index (χ0n) is 15.4. The van der Waals surface area contributed by atoms with Gasteiger partial charge in [0, 0.05) is 12.1 Å². The first kappa shape index (κ1) is 21.6. The number of amides is 1. The van der Waals surface area contributed by atoms with Gasteiger partial charge in [-0.15, -0.1) is 10.2 Å². The van der Waals surface area contributed by atoms with E-state index in [0.717, 1.165) is 24.3 Å². The maximum atomic E-state index is 13.8. The van der Waals surface area contributed by atoms with Crippen LogP contribution in [0, 0.1) is 0 Å². The van der Waals surface area contributed by atoms with Crippen molar-refractivity contribution in [1.82, 2.24) is 15.2 Å². The molecule has 0 radical (unpaired) electrons. The van der Waals surface area contributed by atoms with Crippen molar-refractivity contribution in [3.8, 4) is 0 Å². The highest BCUT2D eigenvalue weighted by molar-refractivity contribution is 5.96. The Kier molecular flexibility index (Phi) is 5.74. The van der Waals surface area contributed by atoms with Crippen molar-refractivity contribution in [2.24, 2.45) is 11.5 Å². The average molecular weight is 431 g/mol. The van der Waals surface area contributed by atoms with E-state index in [1.165, 1.54) is 0 Å². The standard InChI is InChI=1S/C17H18F5N7O/c18-16(19)7-1-2-10(12(16)23)26-15-27-14(11(13(24)30)28-29-15)25-9-5-3-8(4-6-9)17(20,21)22/h3-6,10,12H,1-2,7,23H2,(H2,24,30)(H2,25,26,27,29)/t10-,12-/m1/s1. The molecule has 0 bridgehead atoms. The van der Waals surface area contributed by atoms with Gasteiger partial charge < -0.3 is 22.1 Å². The van der Waals surface area contributed by atoms with Gasteiger partial charge in [0.25, 0.3) is 11.8 Å². The number of alkyl halides is 5. The van der Waals surface area contributed by atoms with E-state index in [1.54, 1.807) is 0 Å². The monoisotopic (exact) mass is 431 g/mol. The van der Waals surface area contributed by atoms with Gasteiger partial charge in [0.1, 0.15) is 0 Å². The van der Waals surface area contributed by atoms with Crippen LogP contribution in [0.15, 0.2) is 24.3 Å². The molecule has 1 amide bonds. The van der Waals surface area contributed by atoms with E-state index in [1.807, 2.05) is 0 Å². The first-order chi connectivity index (χ1) is 14.0. The van der Waals surface area contributed by atoms with Crippen LogP contribution in [0.5, 0.6) is 0 Å². The maximum absolute atomic E-state index is 13.8. The van der Waals surface area contributed by atoms with Crippen molar-refractivity contribution in [3.05, 3.63) is 35.5 Å². The number of anilines is 3. The van der Waals surface area contributed by atoms with Crippen LogP contribution in [0.1, 0.15) is 35.3 Å². The maximum Gasteiger partial charge on any atom is 0.416 e. The predicted octanol–water partition coefficient (Wildman–Crippen LogP) is 2.66. The summed E-state index contributed by atoms with van der Waals surface area (Å²) in [6, 6.07) is 1.61. The largest absolute Gasteiger partial charge is 0.416 e. The summed E-state index contributed by atoms with van der Waals surface area (Å²) in [4.78, 5) is 15.6. The lowest BCUT2D eigenvalue weighted by atomic mass is 9.87. The summed E-state index contributed by atoms with van der Waals surface area (Å²) in [5.74, 6) is -4.43. The van der Waals surface area contributed by atoms with Gasteiger partial charge in [-0.1, -0.05) is 0 Å². The van der Waals surface area contributed by atoms with Crippen LogP contribution in [-0.2, 0) is 6.18 Å². The summed E-state index contributed by atoms with van der Waals surface area (Å²) in [7, 11) is 0. The molecule has 0 aliphatic heterocycles. The molecule has 0 saturated heterocycles. The van der Waals surface area contributed by atoms with E-state index >= 15 is 0 Å². The first-order valence-corrected chi connectivity index (χ1v) is 8.86. The summed E-state index contributed by atoms with van der Waals surface area (Å²) < 4.78 is 65.7. The molecule has 13 heteroatoms. The molecular formula is C17H18F5N7O. The summed E-state index contributed by atoms with van der Waals surface area (Å²) in [6.45, 7) is 0. The SMILES string of the molecule is NC(=O)c1nnc(N[C@@H]2CCCC(F)(F)[C@@H]2N)nc1Nc1ccc(C(F)(F)F)cc1. The Morgan fingerprint density at radius 3 is 2.43 bits per heavy atom. The third-order valence-corrected chi connectivity index (χ3v) is 4.66. The number of carbonyl (C=O) groups excluding carboxylic acids is 1. The Balaban J connectivity index is 1.84. The number of benzene rings is 1. The predicted molar refractivity (Wildman–Crippen MR) is 97.3 cm³/mol. The molecule has 6 N–H and O–H groups in total. The topological polar surface area (TPSA) is 132 Å². The van der Waals surface area contributed by atoms with Crippen LogP contribution in [0.3, 0.4) is 0 Å². The van der Waals surface area contributed by atoms with Crippen LogP contribution in [-0.4, -0.2) is 39.1 Å². The molecule has 1 saturated carbocycles. The number of carbonyl (C=O) groups is 1. The highest BCUT2D eigenvalue weighted by atomic mass is 19.4. The second-order valence-corrected chi connectivity index (χ2v) is 6.83. The van der Waals surface area contributed by atoms with Crippen molar-refractivity contribution in [3.63, 3.8) is 0 Å². The third kappa shape index (κ3) is 4.72. The van der Waals surface area contributed by atoms with E-state index in [2.05, 4.69) is 25.8 Å². The van der Waals surface area contributed by atoms with Gasteiger partial charge in [-0.05, 0) is 37.1 Å². The molecule has 1 aliphatic rings. The smallest absolute Gasteiger partial charge is 0.364 e. The Hall–Kier alpha value is -3.09. The molecule has 2 aromatic rings. The lowest BCUT2D eigenvalue weighted by molar-refractivity contribution is -0.137. The van der Waals surface area contributed by atoms with Crippen LogP contribution < -0.4 is 22.1 Å². The molecule has 0 spiro atoms. The Morgan fingerprint density at radius 2 is 1.83 bits per heavy atom. The fraction of sp³-hybridized carbons (Fsp3) is 0.412. The molecule has 1 aromatic heterocycles. The molecule has 2 atom stereocenters. The van der Waals surface area contributed by atoms with Crippen LogP contribution in [0.4, 0.5) is 39.4 Å². The highest BCUT2D eigenvalue weighted by Crippen LogP contribution is 2.34. The zero-order valence-corrected chi connectivity index (χ0v) is 15.4. The molecule has 1 fully saturated rings. The van der Waals surface area contributed by atoms with Gasteiger partial charge in [-0.25, -0.2) is 8.78 Å². The number of rotatable bonds is 5. The number of hydrogen-bond donors (Lipinski definition) is 4. The minimum atomic E-state index is -4.51. The fourth-order valence-corrected chi connectivity index (χ4v) is 3.05. The lowest BCUT2D eigenvalue weighted by Crippen LogP contribution is -2.55. The van der Waals surface area contributed by atoms with Gasteiger partial charge in [0.05, 0.1) is 17.6 Å². The van der Waals surface area contributed by atoms with Crippen LogP contribution >= 0.6 is 0 Å². The molecule has 3 rings (SSSR count). The number of primary amides is 1. The van der Waals surface area contributed by atoms with E-state index in [9.17, 15) is 26.7 Å². The van der Waals surface area contributed by atoms with Crippen molar-refractivity contribution in [1.29, 1.82) is 0 Å². The number of halogens is 5. The average Bonchev–Trinajstić information content (AvgIpc) is 2.65. The van der Waals surface area contributed by atoms with E-state index in [-0.39, 0.29) is 36.0 Å². The molecule has 0 unspecified atom stereocenters. The minimum Gasteiger partial charge on any atom is -0.364 e. The third-order valence-electron chi connectivity index (χ3n) is 4.66. The summed E-state index contributed by atoms with van der Waals surface area (Å²) in [5, 5.41) is 12.6. The zero-order chi connectivity index (χ0) is 22.1. The highest BCUT2D eigenvalue weighted by Gasteiger charge is 2.45. The molecular weight excluding hydrogens is 413 g/mol. The second-order valence-electron chi connectivity index (χ2n) is 6.83. The van der Waals surface area contributed by atoms with E-state index < -0.39 is 35.7 Å². The number of nitrogens with two attached hydrogens (primary N) is 2.